The summed E-state index contributed by atoms with van der Waals surface area (Å²) >= 11 is 0. The largest absolute Gasteiger partial charge is 0.380 e. The van der Waals surface area contributed by atoms with Crippen molar-refractivity contribution in [1.29, 1.82) is 0 Å². The Labute approximate surface area is 125 Å². The van der Waals surface area contributed by atoms with Crippen LogP contribution < -0.4 is 11.3 Å². The van der Waals surface area contributed by atoms with Gasteiger partial charge in [0.15, 0.2) is 0 Å². The molecule has 0 radical (unpaired) electrons. The Morgan fingerprint density at radius 1 is 1.24 bits per heavy atom. The predicted octanol–water partition coefficient (Wildman–Crippen LogP) is 0.882. The summed E-state index contributed by atoms with van der Waals surface area (Å²) < 4.78 is 10.6. The number of rotatable bonds is 10. The molecule has 1 heterocycles. The summed E-state index contributed by atoms with van der Waals surface area (Å²) in [5.74, 6) is 5.61. The first-order valence-corrected chi connectivity index (χ1v) is 7.11. The average Bonchev–Trinajstić information content (AvgIpc) is 2.53. The van der Waals surface area contributed by atoms with Gasteiger partial charge in [-0.05, 0) is 26.0 Å². The highest BCUT2D eigenvalue weighted by molar-refractivity contribution is 5.92. The molecule has 0 fully saturated rings. The standard InChI is InChI=1S/C14H24N4O3/c1-3-20-10-8-18(9-11-21-4-2)14(19)12-6-5-7-13(16-12)17-15/h5-7H,3-4,8-11,15H2,1-2H3,(H,16,17). The van der Waals surface area contributed by atoms with Gasteiger partial charge in [-0.25, -0.2) is 10.8 Å². The molecular weight excluding hydrogens is 272 g/mol. The molecule has 0 aliphatic carbocycles. The zero-order valence-electron chi connectivity index (χ0n) is 12.7. The number of nitrogens with zero attached hydrogens (tertiary/aromatic N) is 2. The molecule has 0 spiro atoms. The van der Waals surface area contributed by atoms with Crippen LogP contribution in [0.15, 0.2) is 18.2 Å². The van der Waals surface area contributed by atoms with Crippen molar-refractivity contribution in [2.24, 2.45) is 5.84 Å². The number of aromatic nitrogens is 1. The number of hydrazine groups is 1. The van der Waals surface area contributed by atoms with E-state index in [-0.39, 0.29) is 5.91 Å². The second-order valence-corrected chi connectivity index (χ2v) is 4.24. The van der Waals surface area contributed by atoms with Crippen LogP contribution >= 0.6 is 0 Å². The van der Waals surface area contributed by atoms with Crippen molar-refractivity contribution in [3.63, 3.8) is 0 Å². The molecule has 1 aromatic heterocycles. The maximum Gasteiger partial charge on any atom is 0.272 e. The lowest BCUT2D eigenvalue weighted by Gasteiger charge is -2.22. The molecule has 0 saturated heterocycles. The summed E-state index contributed by atoms with van der Waals surface area (Å²) in [5.41, 5.74) is 2.78. The van der Waals surface area contributed by atoms with Crippen molar-refractivity contribution >= 4 is 11.7 Å². The van der Waals surface area contributed by atoms with Crippen molar-refractivity contribution in [3.8, 4) is 0 Å². The third-order valence-corrected chi connectivity index (χ3v) is 2.82. The zero-order valence-corrected chi connectivity index (χ0v) is 12.7. The fraction of sp³-hybridized carbons (Fsp3) is 0.571. The minimum Gasteiger partial charge on any atom is -0.380 e. The van der Waals surface area contributed by atoms with Crippen LogP contribution in [0, 0.1) is 0 Å². The topological polar surface area (TPSA) is 89.7 Å². The van der Waals surface area contributed by atoms with Crippen molar-refractivity contribution in [1.82, 2.24) is 9.88 Å². The van der Waals surface area contributed by atoms with Gasteiger partial charge in [0.1, 0.15) is 11.5 Å². The Hall–Kier alpha value is -1.70. The van der Waals surface area contributed by atoms with Gasteiger partial charge in [-0.3, -0.25) is 4.79 Å². The minimum absolute atomic E-state index is 0.161. The Bertz CT molecular complexity index is 418. The van der Waals surface area contributed by atoms with Crippen LogP contribution in [-0.4, -0.2) is 55.3 Å². The van der Waals surface area contributed by atoms with Gasteiger partial charge in [0.2, 0.25) is 0 Å². The number of nitrogen functional groups attached to an aromatic ring is 1. The number of ether oxygens (including phenoxy) is 2. The number of nitrogens with two attached hydrogens (primary N) is 1. The van der Waals surface area contributed by atoms with Crippen LogP contribution in [-0.2, 0) is 9.47 Å². The minimum atomic E-state index is -0.161. The summed E-state index contributed by atoms with van der Waals surface area (Å²) in [6.45, 7) is 7.07. The number of carbonyl (C=O) groups excluding carboxylic acids is 1. The molecule has 0 saturated carbocycles. The van der Waals surface area contributed by atoms with E-state index in [1.807, 2.05) is 13.8 Å². The number of hydrogen-bond acceptors (Lipinski definition) is 6. The normalized spacial score (nSPS) is 10.4. The van der Waals surface area contributed by atoms with Crippen LogP contribution in [0.4, 0.5) is 5.82 Å². The quantitative estimate of drug-likeness (QED) is 0.378. The molecule has 0 unspecified atom stereocenters. The molecule has 0 aliphatic heterocycles. The van der Waals surface area contributed by atoms with E-state index in [4.69, 9.17) is 15.3 Å². The van der Waals surface area contributed by atoms with Gasteiger partial charge in [0, 0.05) is 26.3 Å². The molecule has 21 heavy (non-hydrogen) atoms. The van der Waals surface area contributed by atoms with E-state index in [2.05, 4.69) is 10.4 Å². The van der Waals surface area contributed by atoms with E-state index in [1.54, 1.807) is 23.1 Å². The summed E-state index contributed by atoms with van der Waals surface area (Å²) in [5, 5.41) is 0. The van der Waals surface area contributed by atoms with E-state index >= 15 is 0 Å². The lowest BCUT2D eigenvalue weighted by molar-refractivity contribution is 0.0545. The molecule has 1 aromatic rings. The highest BCUT2D eigenvalue weighted by atomic mass is 16.5. The van der Waals surface area contributed by atoms with Crippen LogP contribution in [0.2, 0.25) is 0 Å². The van der Waals surface area contributed by atoms with Crippen molar-refractivity contribution in [3.05, 3.63) is 23.9 Å². The van der Waals surface area contributed by atoms with Gasteiger partial charge in [-0.1, -0.05) is 6.07 Å². The Morgan fingerprint density at radius 3 is 2.38 bits per heavy atom. The van der Waals surface area contributed by atoms with Gasteiger partial charge in [0.25, 0.3) is 5.91 Å². The number of anilines is 1. The average molecular weight is 296 g/mol. The Balaban J connectivity index is 2.71. The summed E-state index contributed by atoms with van der Waals surface area (Å²) in [4.78, 5) is 18.3. The van der Waals surface area contributed by atoms with E-state index in [0.717, 1.165) is 0 Å². The number of amides is 1. The SMILES string of the molecule is CCOCCN(CCOCC)C(=O)c1cccc(NN)n1. The lowest BCUT2D eigenvalue weighted by atomic mass is 10.3. The fourth-order valence-corrected chi connectivity index (χ4v) is 1.75. The molecule has 0 aromatic carbocycles. The van der Waals surface area contributed by atoms with Gasteiger partial charge in [-0.2, -0.15) is 0 Å². The van der Waals surface area contributed by atoms with Crippen LogP contribution in [0.3, 0.4) is 0 Å². The first kappa shape index (κ1) is 17.4. The first-order chi connectivity index (χ1) is 10.2. The van der Waals surface area contributed by atoms with Gasteiger partial charge < -0.3 is 19.8 Å². The third-order valence-electron chi connectivity index (χ3n) is 2.82. The number of carbonyl (C=O) groups is 1. The molecule has 0 atom stereocenters. The monoisotopic (exact) mass is 296 g/mol. The van der Waals surface area contributed by atoms with E-state index < -0.39 is 0 Å². The first-order valence-electron chi connectivity index (χ1n) is 7.11. The summed E-state index contributed by atoms with van der Waals surface area (Å²) in [6, 6.07) is 5.09. The number of pyridine rings is 1. The second kappa shape index (κ2) is 10.1. The van der Waals surface area contributed by atoms with Crippen molar-refractivity contribution < 1.29 is 14.3 Å². The smallest absolute Gasteiger partial charge is 0.272 e. The molecule has 0 bridgehead atoms. The number of nitrogens with one attached hydrogen (secondary N) is 1. The molecule has 7 heteroatoms. The maximum atomic E-state index is 12.5. The molecule has 0 aliphatic rings. The lowest BCUT2D eigenvalue weighted by Crippen LogP contribution is -2.37. The highest BCUT2D eigenvalue weighted by Crippen LogP contribution is 2.07. The van der Waals surface area contributed by atoms with Crippen molar-refractivity contribution in [2.75, 3.05) is 44.9 Å². The van der Waals surface area contributed by atoms with Gasteiger partial charge in [-0.15, -0.1) is 0 Å². The van der Waals surface area contributed by atoms with Crippen LogP contribution in [0.25, 0.3) is 0 Å². The van der Waals surface area contributed by atoms with Crippen LogP contribution in [0.5, 0.6) is 0 Å². The van der Waals surface area contributed by atoms with E-state index in [1.165, 1.54) is 0 Å². The summed E-state index contributed by atoms with van der Waals surface area (Å²) in [6.07, 6.45) is 0. The molecule has 1 rings (SSSR count). The highest BCUT2D eigenvalue weighted by Gasteiger charge is 2.17. The Morgan fingerprint density at radius 2 is 1.86 bits per heavy atom. The molecular formula is C14H24N4O3. The van der Waals surface area contributed by atoms with E-state index in [0.29, 0.717) is 51.0 Å². The molecule has 118 valence electrons. The zero-order chi connectivity index (χ0) is 15.5. The van der Waals surface area contributed by atoms with Crippen molar-refractivity contribution in [2.45, 2.75) is 13.8 Å². The van der Waals surface area contributed by atoms with E-state index in [9.17, 15) is 4.79 Å². The predicted molar refractivity (Wildman–Crippen MR) is 80.9 cm³/mol. The van der Waals surface area contributed by atoms with Gasteiger partial charge in [0.05, 0.1) is 13.2 Å². The molecule has 3 N–H and O–H groups in total. The summed E-state index contributed by atoms with van der Waals surface area (Å²) in [7, 11) is 0. The van der Waals surface area contributed by atoms with Gasteiger partial charge >= 0.3 is 0 Å². The number of hydrogen-bond donors (Lipinski definition) is 2. The molecule has 1 amide bonds. The maximum absolute atomic E-state index is 12.5. The molecule has 7 nitrogen and oxygen atoms in total. The Kier molecular flexibility index (Phi) is 8.34. The fourth-order valence-electron chi connectivity index (χ4n) is 1.75. The third kappa shape index (κ3) is 6.07. The second-order valence-electron chi connectivity index (χ2n) is 4.24. The van der Waals surface area contributed by atoms with Crippen LogP contribution in [0.1, 0.15) is 24.3 Å².